The van der Waals surface area contributed by atoms with E-state index in [0.29, 0.717) is 13.0 Å². The van der Waals surface area contributed by atoms with Gasteiger partial charge < -0.3 is 20.3 Å². The van der Waals surface area contributed by atoms with Gasteiger partial charge in [-0.2, -0.15) is 0 Å². The minimum Gasteiger partial charge on any atom is -0.378 e. The van der Waals surface area contributed by atoms with Crippen LogP contribution in [-0.2, 0) is 9.53 Å². The fraction of sp³-hybridized carbons (Fsp3) is 0.625. The van der Waals surface area contributed by atoms with Gasteiger partial charge >= 0.3 is 0 Å². The van der Waals surface area contributed by atoms with E-state index in [1.807, 2.05) is 12.1 Å². The van der Waals surface area contributed by atoms with Gasteiger partial charge in [0.05, 0.1) is 25.1 Å². The van der Waals surface area contributed by atoms with E-state index >= 15 is 0 Å². The Kier molecular flexibility index (Phi) is 9.36. The van der Waals surface area contributed by atoms with E-state index in [4.69, 9.17) is 4.74 Å². The van der Waals surface area contributed by atoms with Crippen molar-refractivity contribution in [2.75, 3.05) is 43.1 Å². The average molecular weight is 377 g/mol. The van der Waals surface area contributed by atoms with Crippen molar-refractivity contribution in [1.29, 1.82) is 0 Å². The number of pyridine rings is 1. The average Bonchev–Trinajstić information content (AvgIpc) is 2.57. The number of aromatic nitrogens is 1. The number of carbonyl (C=O) groups excluding carboxylic acids is 1. The third-order valence-electron chi connectivity index (χ3n) is 4.14. The summed E-state index contributed by atoms with van der Waals surface area (Å²) in [5, 5.41) is 6.18. The fourth-order valence-electron chi connectivity index (χ4n) is 2.96. The lowest BCUT2D eigenvalue weighted by Crippen LogP contribution is -2.43. The lowest BCUT2D eigenvalue weighted by Gasteiger charge is -2.27. The summed E-state index contributed by atoms with van der Waals surface area (Å²) in [6.45, 7) is 4.28. The third kappa shape index (κ3) is 6.09. The first-order valence-electron chi connectivity index (χ1n) is 8.13. The fourth-order valence-corrected chi connectivity index (χ4v) is 2.96. The number of morpholine rings is 1. The molecule has 0 saturated carbocycles. The smallest absolute Gasteiger partial charge is 0.226 e. The Morgan fingerprint density at radius 2 is 2.08 bits per heavy atom. The number of anilines is 2. The number of hydrogen-bond acceptors (Lipinski definition) is 5. The van der Waals surface area contributed by atoms with Gasteiger partial charge in [-0.25, -0.2) is 4.98 Å². The lowest BCUT2D eigenvalue weighted by molar-refractivity contribution is -0.117. The van der Waals surface area contributed by atoms with Gasteiger partial charge in [0, 0.05) is 32.1 Å². The highest BCUT2D eigenvalue weighted by atomic mass is 35.5. The van der Waals surface area contributed by atoms with E-state index in [-0.39, 0.29) is 36.8 Å². The van der Waals surface area contributed by atoms with Crippen LogP contribution in [0.5, 0.6) is 0 Å². The molecular weight excluding hydrogens is 351 g/mol. The maximum absolute atomic E-state index is 12.0. The summed E-state index contributed by atoms with van der Waals surface area (Å²) < 4.78 is 5.36. The van der Waals surface area contributed by atoms with Gasteiger partial charge in [0.25, 0.3) is 0 Å². The number of halogens is 2. The topological polar surface area (TPSA) is 66.5 Å². The predicted octanol–water partition coefficient (Wildman–Crippen LogP) is 2.23. The molecule has 1 aromatic rings. The van der Waals surface area contributed by atoms with E-state index < -0.39 is 0 Å². The Balaban J connectivity index is 0.00000144. The molecule has 2 aliphatic rings. The maximum Gasteiger partial charge on any atom is 0.226 e. The third-order valence-corrected chi connectivity index (χ3v) is 4.14. The molecule has 2 aliphatic heterocycles. The quantitative estimate of drug-likeness (QED) is 0.843. The summed E-state index contributed by atoms with van der Waals surface area (Å²) in [6, 6.07) is 4.03. The van der Waals surface area contributed by atoms with Crippen molar-refractivity contribution in [3.05, 3.63) is 18.3 Å². The van der Waals surface area contributed by atoms with Crippen LogP contribution in [0.25, 0.3) is 0 Å². The summed E-state index contributed by atoms with van der Waals surface area (Å²) in [4.78, 5) is 18.8. The van der Waals surface area contributed by atoms with Gasteiger partial charge in [-0.3, -0.25) is 4.79 Å². The molecule has 3 heterocycles. The summed E-state index contributed by atoms with van der Waals surface area (Å²) in [7, 11) is 0. The maximum atomic E-state index is 12.0. The molecule has 2 saturated heterocycles. The molecule has 0 aromatic carbocycles. The SMILES string of the molecule is Cl.Cl.O=C(CC1COCCN1)Nc1ccc(N2CCCCC2)nc1. The number of hydrogen-bond donors (Lipinski definition) is 2. The molecule has 136 valence electrons. The molecule has 24 heavy (non-hydrogen) atoms. The van der Waals surface area contributed by atoms with Crippen LogP contribution in [0.4, 0.5) is 11.5 Å². The normalized spacial score (nSPS) is 20.5. The van der Waals surface area contributed by atoms with E-state index in [0.717, 1.165) is 37.7 Å². The van der Waals surface area contributed by atoms with Crippen LogP contribution < -0.4 is 15.5 Å². The molecule has 1 atom stereocenters. The number of carbonyl (C=O) groups is 1. The van der Waals surface area contributed by atoms with Crippen molar-refractivity contribution >= 4 is 42.2 Å². The molecule has 0 bridgehead atoms. The molecule has 1 amide bonds. The standard InChI is InChI=1S/C16H24N4O2.2ClH/c21-16(10-14-12-22-9-6-17-14)19-13-4-5-15(18-11-13)20-7-2-1-3-8-20;;/h4-5,11,14,17H,1-3,6-10,12H2,(H,19,21);2*1H. The first-order chi connectivity index (χ1) is 10.8. The first-order valence-corrected chi connectivity index (χ1v) is 8.13. The number of nitrogens with one attached hydrogen (secondary N) is 2. The molecular formula is C16H26Cl2N4O2. The number of rotatable bonds is 4. The molecule has 0 spiro atoms. The van der Waals surface area contributed by atoms with Crippen LogP contribution in [0.15, 0.2) is 18.3 Å². The first kappa shape index (κ1) is 21.0. The number of piperidine rings is 1. The summed E-state index contributed by atoms with van der Waals surface area (Å²) in [5.41, 5.74) is 0.752. The van der Waals surface area contributed by atoms with Crippen molar-refractivity contribution in [3.63, 3.8) is 0 Å². The van der Waals surface area contributed by atoms with Gasteiger partial charge in [0.15, 0.2) is 0 Å². The van der Waals surface area contributed by atoms with E-state index in [1.54, 1.807) is 6.20 Å². The molecule has 0 aliphatic carbocycles. The van der Waals surface area contributed by atoms with Gasteiger partial charge in [0.2, 0.25) is 5.91 Å². The number of ether oxygens (including phenoxy) is 1. The minimum atomic E-state index is -0.00415. The Labute approximate surface area is 155 Å². The van der Waals surface area contributed by atoms with Crippen LogP contribution in [0.2, 0.25) is 0 Å². The van der Waals surface area contributed by atoms with Crippen molar-refractivity contribution in [2.24, 2.45) is 0 Å². The second-order valence-corrected chi connectivity index (χ2v) is 5.93. The molecule has 2 fully saturated rings. The Morgan fingerprint density at radius 1 is 1.29 bits per heavy atom. The zero-order valence-electron chi connectivity index (χ0n) is 13.7. The van der Waals surface area contributed by atoms with Crippen molar-refractivity contribution in [2.45, 2.75) is 31.7 Å². The van der Waals surface area contributed by atoms with Crippen molar-refractivity contribution in [1.82, 2.24) is 10.3 Å². The summed E-state index contributed by atoms with van der Waals surface area (Å²) in [6.07, 6.45) is 5.94. The Hall–Kier alpha value is -1.08. The molecule has 2 N–H and O–H groups in total. The highest BCUT2D eigenvalue weighted by molar-refractivity contribution is 5.91. The largest absolute Gasteiger partial charge is 0.378 e. The van der Waals surface area contributed by atoms with E-state index in [9.17, 15) is 4.79 Å². The van der Waals surface area contributed by atoms with Crippen LogP contribution in [0.1, 0.15) is 25.7 Å². The summed E-state index contributed by atoms with van der Waals surface area (Å²) in [5.74, 6) is 0.996. The highest BCUT2D eigenvalue weighted by Crippen LogP contribution is 2.19. The minimum absolute atomic E-state index is 0. The zero-order chi connectivity index (χ0) is 15.2. The molecule has 3 rings (SSSR count). The molecule has 1 aromatic heterocycles. The molecule has 8 heteroatoms. The van der Waals surface area contributed by atoms with Gasteiger partial charge in [0.1, 0.15) is 5.82 Å². The van der Waals surface area contributed by atoms with Gasteiger partial charge in [-0.1, -0.05) is 0 Å². The van der Waals surface area contributed by atoms with E-state index in [1.165, 1.54) is 19.3 Å². The zero-order valence-corrected chi connectivity index (χ0v) is 15.3. The van der Waals surface area contributed by atoms with Crippen LogP contribution in [0, 0.1) is 0 Å². The van der Waals surface area contributed by atoms with Crippen LogP contribution in [-0.4, -0.2) is 49.8 Å². The number of amides is 1. The highest BCUT2D eigenvalue weighted by Gasteiger charge is 2.17. The lowest BCUT2D eigenvalue weighted by atomic mass is 10.1. The molecule has 6 nitrogen and oxygen atoms in total. The van der Waals surface area contributed by atoms with Crippen molar-refractivity contribution in [3.8, 4) is 0 Å². The number of nitrogens with zero attached hydrogens (tertiary/aromatic N) is 2. The van der Waals surface area contributed by atoms with Crippen LogP contribution in [0.3, 0.4) is 0 Å². The second kappa shape index (κ2) is 10.7. The Morgan fingerprint density at radius 3 is 2.71 bits per heavy atom. The predicted molar refractivity (Wildman–Crippen MR) is 101 cm³/mol. The summed E-state index contributed by atoms with van der Waals surface area (Å²) >= 11 is 0. The van der Waals surface area contributed by atoms with Crippen molar-refractivity contribution < 1.29 is 9.53 Å². The molecule has 0 radical (unpaired) electrons. The molecule has 1 unspecified atom stereocenters. The monoisotopic (exact) mass is 376 g/mol. The second-order valence-electron chi connectivity index (χ2n) is 5.93. The van der Waals surface area contributed by atoms with Gasteiger partial charge in [-0.15, -0.1) is 24.8 Å². The Bertz CT molecular complexity index is 489. The van der Waals surface area contributed by atoms with E-state index in [2.05, 4.69) is 20.5 Å². The van der Waals surface area contributed by atoms with Crippen LogP contribution >= 0.6 is 24.8 Å². The van der Waals surface area contributed by atoms with Gasteiger partial charge in [-0.05, 0) is 31.4 Å².